The predicted molar refractivity (Wildman–Crippen MR) is 75.1 cm³/mol. The zero-order valence-electron chi connectivity index (χ0n) is 10.4. The van der Waals surface area contributed by atoms with Crippen LogP contribution in [0, 0.1) is 0 Å². The Balaban J connectivity index is 2.65. The molecule has 1 aromatic carbocycles. The molecule has 7 heteroatoms. The van der Waals surface area contributed by atoms with Crippen LogP contribution in [0.4, 0.5) is 0 Å². The van der Waals surface area contributed by atoms with Crippen molar-refractivity contribution < 1.29 is 23.6 Å². The van der Waals surface area contributed by atoms with Crippen LogP contribution in [-0.2, 0) is 20.3 Å². The van der Waals surface area contributed by atoms with Crippen LogP contribution in [0.15, 0.2) is 27.6 Å². The number of carboxylic acid groups (broad SMARTS) is 1. The van der Waals surface area contributed by atoms with E-state index in [4.69, 9.17) is 14.6 Å². The molecule has 19 heavy (non-hydrogen) atoms. The lowest BCUT2D eigenvalue weighted by molar-refractivity contribution is 0.0692. The lowest BCUT2D eigenvalue weighted by Crippen LogP contribution is -2.12. The summed E-state index contributed by atoms with van der Waals surface area (Å²) < 4.78 is 22.8. The van der Waals surface area contributed by atoms with Gasteiger partial charge in [-0.05, 0) is 18.2 Å². The summed E-state index contributed by atoms with van der Waals surface area (Å²) >= 11 is 3.24. The number of carboxylic acids is 1. The van der Waals surface area contributed by atoms with Gasteiger partial charge in [-0.25, -0.2) is 4.79 Å². The highest BCUT2D eigenvalue weighted by Crippen LogP contribution is 2.20. The Labute approximate surface area is 122 Å². The minimum absolute atomic E-state index is 0.0541. The first-order chi connectivity index (χ1) is 9.06. The van der Waals surface area contributed by atoms with Crippen molar-refractivity contribution in [3.63, 3.8) is 0 Å². The van der Waals surface area contributed by atoms with Crippen LogP contribution in [0.5, 0.6) is 0 Å². The van der Waals surface area contributed by atoms with E-state index in [1.807, 2.05) is 0 Å². The summed E-state index contributed by atoms with van der Waals surface area (Å²) in [6.45, 7) is 1.20. The molecule has 1 aromatic rings. The Morgan fingerprint density at radius 2 is 2.11 bits per heavy atom. The van der Waals surface area contributed by atoms with Crippen molar-refractivity contribution in [2.45, 2.75) is 4.90 Å². The van der Waals surface area contributed by atoms with E-state index in [1.165, 1.54) is 6.07 Å². The summed E-state index contributed by atoms with van der Waals surface area (Å²) in [6.07, 6.45) is 0. The van der Waals surface area contributed by atoms with Crippen LogP contribution in [0.25, 0.3) is 0 Å². The fourth-order valence-corrected chi connectivity index (χ4v) is 3.01. The number of methoxy groups -OCH3 is 1. The van der Waals surface area contributed by atoms with E-state index in [1.54, 1.807) is 19.2 Å². The highest BCUT2D eigenvalue weighted by molar-refractivity contribution is 9.10. The Hall–Kier alpha value is -0.760. The number of hydrogen-bond acceptors (Lipinski definition) is 4. The number of halogens is 1. The summed E-state index contributed by atoms with van der Waals surface area (Å²) in [5.41, 5.74) is 0.0541. The molecule has 0 saturated carbocycles. The molecular weight excluding hydrogens is 336 g/mol. The maximum Gasteiger partial charge on any atom is 0.336 e. The van der Waals surface area contributed by atoms with Crippen molar-refractivity contribution >= 4 is 32.7 Å². The third-order valence-corrected chi connectivity index (χ3v) is 4.12. The average molecular weight is 351 g/mol. The molecule has 0 bridgehead atoms. The molecule has 5 nitrogen and oxygen atoms in total. The number of hydrogen-bond donors (Lipinski definition) is 1. The summed E-state index contributed by atoms with van der Waals surface area (Å²) in [5, 5.41) is 9.05. The SMILES string of the molecule is COCCOCCS(=O)c1cc(Br)ccc1C(=O)O. The van der Waals surface area contributed by atoms with Crippen molar-refractivity contribution in [3.05, 3.63) is 28.2 Å². The quantitative estimate of drug-likeness (QED) is 0.725. The van der Waals surface area contributed by atoms with Crippen molar-refractivity contribution in [1.82, 2.24) is 0 Å². The van der Waals surface area contributed by atoms with Crippen molar-refractivity contribution in [3.8, 4) is 0 Å². The Kier molecular flexibility index (Phi) is 7.22. The molecule has 0 aliphatic heterocycles. The average Bonchev–Trinajstić information content (AvgIpc) is 2.37. The normalized spacial score (nSPS) is 12.3. The monoisotopic (exact) mass is 350 g/mol. The van der Waals surface area contributed by atoms with Gasteiger partial charge in [-0.1, -0.05) is 15.9 Å². The van der Waals surface area contributed by atoms with E-state index in [9.17, 15) is 9.00 Å². The Bertz CT molecular complexity index is 463. The number of benzene rings is 1. The summed E-state index contributed by atoms with van der Waals surface area (Å²) in [6, 6.07) is 4.61. The van der Waals surface area contributed by atoms with Crippen LogP contribution in [0.1, 0.15) is 10.4 Å². The van der Waals surface area contributed by atoms with E-state index in [2.05, 4.69) is 15.9 Å². The van der Waals surface area contributed by atoms with E-state index >= 15 is 0 Å². The minimum Gasteiger partial charge on any atom is -0.478 e. The molecule has 1 N–H and O–H groups in total. The maximum atomic E-state index is 12.1. The van der Waals surface area contributed by atoms with Crippen LogP contribution in [0.2, 0.25) is 0 Å². The van der Waals surface area contributed by atoms with Gasteiger partial charge in [0.1, 0.15) is 0 Å². The van der Waals surface area contributed by atoms with Gasteiger partial charge in [-0.2, -0.15) is 0 Å². The first-order valence-corrected chi connectivity index (χ1v) is 7.65. The van der Waals surface area contributed by atoms with Crippen molar-refractivity contribution in [2.75, 3.05) is 32.7 Å². The van der Waals surface area contributed by atoms with Gasteiger partial charge in [0.25, 0.3) is 0 Å². The van der Waals surface area contributed by atoms with Gasteiger partial charge in [0, 0.05) is 11.6 Å². The molecule has 0 aliphatic carbocycles. The second-order valence-corrected chi connectivity index (χ2v) is 6.06. The van der Waals surface area contributed by atoms with Gasteiger partial charge in [0.15, 0.2) is 0 Å². The van der Waals surface area contributed by atoms with Crippen LogP contribution in [-0.4, -0.2) is 48.0 Å². The zero-order chi connectivity index (χ0) is 14.3. The summed E-state index contributed by atoms with van der Waals surface area (Å²) in [5.74, 6) is -0.836. The first kappa shape index (κ1) is 16.3. The van der Waals surface area contributed by atoms with E-state index in [0.717, 1.165) is 0 Å². The first-order valence-electron chi connectivity index (χ1n) is 5.54. The van der Waals surface area contributed by atoms with E-state index in [0.29, 0.717) is 29.2 Å². The Morgan fingerprint density at radius 1 is 1.37 bits per heavy atom. The van der Waals surface area contributed by atoms with Crippen LogP contribution in [0.3, 0.4) is 0 Å². The smallest absolute Gasteiger partial charge is 0.336 e. The third-order valence-electron chi connectivity index (χ3n) is 2.26. The molecule has 106 valence electrons. The summed E-state index contributed by atoms with van der Waals surface area (Å²) in [7, 11) is 0.164. The van der Waals surface area contributed by atoms with E-state index < -0.39 is 16.8 Å². The fraction of sp³-hybridized carbons (Fsp3) is 0.417. The molecule has 0 saturated heterocycles. The third kappa shape index (κ3) is 5.40. The molecule has 1 atom stereocenters. The van der Waals surface area contributed by atoms with Crippen molar-refractivity contribution in [2.24, 2.45) is 0 Å². The van der Waals surface area contributed by atoms with Crippen LogP contribution < -0.4 is 0 Å². The van der Waals surface area contributed by atoms with Crippen molar-refractivity contribution in [1.29, 1.82) is 0 Å². The van der Waals surface area contributed by atoms with Gasteiger partial charge in [0.05, 0.1) is 46.8 Å². The van der Waals surface area contributed by atoms with Gasteiger partial charge in [0.2, 0.25) is 0 Å². The van der Waals surface area contributed by atoms with Gasteiger partial charge < -0.3 is 14.6 Å². The molecule has 0 heterocycles. The minimum atomic E-state index is -1.41. The molecule has 1 unspecified atom stereocenters. The molecular formula is C12H15BrO5S. The molecule has 0 fully saturated rings. The second-order valence-electron chi connectivity index (χ2n) is 3.60. The Morgan fingerprint density at radius 3 is 2.74 bits per heavy atom. The zero-order valence-corrected chi connectivity index (χ0v) is 12.8. The largest absolute Gasteiger partial charge is 0.478 e. The van der Waals surface area contributed by atoms with Gasteiger partial charge >= 0.3 is 5.97 Å². The molecule has 0 radical (unpaired) electrons. The van der Waals surface area contributed by atoms with Gasteiger partial charge in [-0.3, -0.25) is 4.21 Å². The molecule has 0 aliphatic rings. The topological polar surface area (TPSA) is 72.8 Å². The number of carbonyl (C=O) groups is 1. The fourth-order valence-electron chi connectivity index (χ4n) is 1.35. The lowest BCUT2D eigenvalue weighted by atomic mass is 10.2. The number of ether oxygens (including phenoxy) is 2. The molecule has 0 amide bonds. The highest BCUT2D eigenvalue weighted by atomic mass is 79.9. The number of rotatable bonds is 8. The molecule has 0 aromatic heterocycles. The second kappa shape index (κ2) is 8.42. The summed E-state index contributed by atoms with van der Waals surface area (Å²) in [4.78, 5) is 11.4. The van der Waals surface area contributed by atoms with Crippen LogP contribution >= 0.6 is 15.9 Å². The van der Waals surface area contributed by atoms with E-state index in [-0.39, 0.29) is 11.3 Å². The molecule has 1 rings (SSSR count). The molecule has 0 spiro atoms. The maximum absolute atomic E-state index is 12.1. The lowest BCUT2D eigenvalue weighted by Gasteiger charge is -2.07. The standard InChI is InChI=1S/C12H15BrO5S/c1-17-4-5-18-6-7-19(16)11-8-9(13)2-3-10(11)12(14)15/h2-3,8H,4-7H2,1H3,(H,14,15). The predicted octanol–water partition coefficient (Wildman–Crippen LogP) is 1.92. The highest BCUT2D eigenvalue weighted by Gasteiger charge is 2.15. The van der Waals surface area contributed by atoms with Gasteiger partial charge in [-0.15, -0.1) is 0 Å². The number of aromatic carboxylic acids is 1.